The van der Waals surface area contributed by atoms with Gasteiger partial charge in [0, 0.05) is 24.7 Å². The van der Waals surface area contributed by atoms with Gasteiger partial charge in [-0.25, -0.2) is 9.59 Å². The standard InChI is InChI=1S/C27H44O.C15H24N2O2.C11H14O5/c1-19(2)8-6-9-21(4)25-15-16-26-22(10-7-17-27(25,26)5)12-13-23-18-24(28)14-11-20(23)3;1-4-5-10-16-14-8-6-13(7-9-14)15(18)19-12-11-17(2)3;1-15-10(13)8-5-16-11(14)9-6(4-12)2-3-7(8)9/h12-13,19,21,24-26,28H,3,6-11,14-18H2,1-2,4-5H3;6-9,16H,4-5,10-12H2,1-3H3;2,5,7,9,11-12,14H,3-4H2,1H3/b22-12+,23-13-;;/t21-,24+,25-,26+,27-;;7-,9-,11-/m1.1/s1. The maximum atomic E-state index is 11.7. The number of fused-ring (bicyclic) bond motifs is 2. The molecule has 0 saturated heterocycles. The second-order valence-electron chi connectivity index (χ2n) is 19.5. The molecular weight excluding hydrogens is 793 g/mol. The number of rotatable bonds is 16. The third-order valence-corrected chi connectivity index (χ3v) is 14.2. The lowest BCUT2D eigenvalue weighted by molar-refractivity contribution is -0.141. The Morgan fingerprint density at radius 2 is 1.78 bits per heavy atom. The summed E-state index contributed by atoms with van der Waals surface area (Å²) in [5.41, 5.74) is 7.48. The lowest BCUT2D eigenvalue weighted by Gasteiger charge is -2.44. The summed E-state index contributed by atoms with van der Waals surface area (Å²) in [6, 6.07) is 7.43. The smallest absolute Gasteiger partial charge is 0.338 e. The summed E-state index contributed by atoms with van der Waals surface area (Å²) in [5, 5.41) is 32.2. The van der Waals surface area contributed by atoms with E-state index < -0.39 is 12.3 Å². The van der Waals surface area contributed by atoms with Crippen LogP contribution in [0.4, 0.5) is 5.69 Å². The monoisotopic (exact) mass is 875 g/mol. The van der Waals surface area contributed by atoms with Gasteiger partial charge in [-0.2, -0.15) is 0 Å². The van der Waals surface area contributed by atoms with Crippen LogP contribution in [-0.2, 0) is 19.0 Å². The van der Waals surface area contributed by atoms with Crippen molar-refractivity contribution in [1.82, 2.24) is 4.90 Å². The van der Waals surface area contributed by atoms with E-state index in [4.69, 9.17) is 14.6 Å². The Bertz CT molecular complexity index is 1740. The molecule has 5 aliphatic rings. The minimum Gasteiger partial charge on any atom is -0.472 e. The summed E-state index contributed by atoms with van der Waals surface area (Å²) in [4.78, 5) is 25.2. The van der Waals surface area contributed by atoms with E-state index in [0.717, 1.165) is 68.1 Å². The van der Waals surface area contributed by atoms with Crippen LogP contribution in [0.25, 0.3) is 0 Å². The van der Waals surface area contributed by atoms with Crippen LogP contribution in [-0.4, -0.2) is 92.1 Å². The molecule has 0 aromatic heterocycles. The number of carbonyl (C=O) groups is 2. The van der Waals surface area contributed by atoms with Crippen LogP contribution in [0.3, 0.4) is 0 Å². The quantitative estimate of drug-likeness (QED) is 0.0722. The number of anilines is 1. The molecule has 10 heteroatoms. The number of hydrogen-bond acceptors (Lipinski definition) is 10. The van der Waals surface area contributed by atoms with Crippen LogP contribution in [0.15, 0.2) is 83.2 Å². The molecule has 4 N–H and O–H groups in total. The number of benzene rings is 1. The molecule has 63 heavy (non-hydrogen) atoms. The van der Waals surface area contributed by atoms with Crippen molar-refractivity contribution < 1.29 is 39.1 Å². The maximum absolute atomic E-state index is 11.7. The van der Waals surface area contributed by atoms with Crippen molar-refractivity contribution in [3.63, 3.8) is 0 Å². The summed E-state index contributed by atoms with van der Waals surface area (Å²) in [6.07, 6.45) is 23.2. The second-order valence-corrected chi connectivity index (χ2v) is 19.5. The maximum Gasteiger partial charge on any atom is 0.338 e. The van der Waals surface area contributed by atoms with Gasteiger partial charge >= 0.3 is 11.9 Å². The number of aliphatic hydroxyl groups excluding tert-OH is 3. The van der Waals surface area contributed by atoms with E-state index in [-0.39, 0.29) is 30.5 Å². The number of esters is 2. The number of likely N-dealkylation sites (N-methyl/N-ethyl adjacent to an activating group) is 1. The van der Waals surface area contributed by atoms with Crippen molar-refractivity contribution in [2.24, 2.45) is 40.9 Å². The molecular formula is C53H82N2O8. The zero-order valence-corrected chi connectivity index (χ0v) is 40.0. The van der Waals surface area contributed by atoms with Crippen molar-refractivity contribution in [3.05, 3.63) is 88.8 Å². The first-order valence-electron chi connectivity index (χ1n) is 24.0. The molecule has 0 unspecified atom stereocenters. The third-order valence-electron chi connectivity index (χ3n) is 14.2. The Balaban J connectivity index is 0.000000218. The fraction of sp³-hybridized carbons (Fsp3) is 0.660. The van der Waals surface area contributed by atoms with Crippen LogP contribution in [0.2, 0.25) is 0 Å². The number of aliphatic hydroxyl groups is 3. The first-order valence-corrected chi connectivity index (χ1v) is 24.0. The molecule has 1 heterocycles. The zero-order valence-electron chi connectivity index (χ0n) is 40.0. The van der Waals surface area contributed by atoms with E-state index in [0.29, 0.717) is 35.2 Å². The Morgan fingerprint density at radius 3 is 2.44 bits per heavy atom. The van der Waals surface area contributed by atoms with Gasteiger partial charge in [-0.15, -0.1) is 0 Å². The van der Waals surface area contributed by atoms with E-state index in [1.165, 1.54) is 82.3 Å². The molecule has 352 valence electrons. The molecule has 0 bridgehead atoms. The number of unbranched alkanes of at least 4 members (excludes halogenated alkanes) is 1. The van der Waals surface area contributed by atoms with E-state index in [9.17, 15) is 19.8 Å². The molecule has 0 amide bonds. The first-order chi connectivity index (χ1) is 30.1. The number of hydrogen-bond donors (Lipinski definition) is 4. The topological polar surface area (TPSA) is 138 Å². The summed E-state index contributed by atoms with van der Waals surface area (Å²) in [5.74, 6) is 2.16. The van der Waals surface area contributed by atoms with E-state index in [2.05, 4.69) is 63.4 Å². The number of allylic oxidation sites excluding steroid dienone is 5. The molecule has 0 spiro atoms. The third kappa shape index (κ3) is 14.9. The van der Waals surface area contributed by atoms with Crippen molar-refractivity contribution in [2.75, 3.05) is 52.8 Å². The summed E-state index contributed by atoms with van der Waals surface area (Å²) < 4.78 is 14.8. The molecule has 1 aromatic carbocycles. The average molecular weight is 875 g/mol. The summed E-state index contributed by atoms with van der Waals surface area (Å²) >= 11 is 0. The molecule has 3 saturated carbocycles. The lowest BCUT2D eigenvalue weighted by Crippen LogP contribution is -2.36. The van der Waals surface area contributed by atoms with Gasteiger partial charge in [0.1, 0.15) is 6.61 Å². The van der Waals surface area contributed by atoms with Crippen LogP contribution in [0.1, 0.15) is 135 Å². The number of methoxy groups -OCH3 is 1. The summed E-state index contributed by atoms with van der Waals surface area (Å²) in [6.45, 7) is 18.2. The molecule has 6 rings (SSSR count). The largest absolute Gasteiger partial charge is 0.472 e. The minimum atomic E-state index is -1.00. The van der Waals surface area contributed by atoms with Gasteiger partial charge in [-0.3, -0.25) is 0 Å². The van der Waals surface area contributed by atoms with Crippen LogP contribution in [0, 0.1) is 40.9 Å². The predicted octanol–water partition coefficient (Wildman–Crippen LogP) is 10.2. The minimum absolute atomic E-state index is 0.129. The Labute approximate surface area is 379 Å². The molecule has 10 nitrogen and oxygen atoms in total. The highest BCUT2D eigenvalue weighted by Gasteiger charge is 2.50. The second kappa shape index (κ2) is 25.7. The molecule has 0 radical (unpaired) electrons. The Hall–Kier alpha value is -3.70. The number of ether oxygens (including phenoxy) is 3. The highest BCUT2D eigenvalue weighted by molar-refractivity contribution is 5.90. The number of carbonyl (C=O) groups excluding carboxylic acids is 2. The molecule has 4 aliphatic carbocycles. The molecule has 1 aliphatic heterocycles. The van der Waals surface area contributed by atoms with E-state index >= 15 is 0 Å². The van der Waals surface area contributed by atoms with Gasteiger partial charge in [-0.05, 0) is 143 Å². The average Bonchev–Trinajstić information content (AvgIpc) is 3.86. The molecule has 1 aromatic rings. The predicted molar refractivity (Wildman–Crippen MR) is 254 cm³/mol. The van der Waals surface area contributed by atoms with Crippen LogP contribution < -0.4 is 5.32 Å². The van der Waals surface area contributed by atoms with Crippen LogP contribution >= 0.6 is 0 Å². The highest BCUT2D eigenvalue weighted by atomic mass is 16.6. The zero-order chi connectivity index (χ0) is 46.1. The van der Waals surface area contributed by atoms with Crippen molar-refractivity contribution in [3.8, 4) is 0 Å². The number of nitrogens with zero attached hydrogens (tertiary/aromatic N) is 1. The summed E-state index contributed by atoms with van der Waals surface area (Å²) in [7, 11) is 5.20. The van der Waals surface area contributed by atoms with Gasteiger partial charge in [-0.1, -0.05) is 96.3 Å². The van der Waals surface area contributed by atoms with E-state index in [1.807, 2.05) is 37.2 Å². The van der Waals surface area contributed by atoms with Gasteiger partial charge in [0.2, 0.25) is 6.29 Å². The SMILES string of the molecule is C=C1CC[C@H](O)C/C1=C/C=C1\CCC[C@]2(C)[C@@H]([C@H](C)CCCC(C)C)CC[C@@H]12.CCCCNc1ccc(C(=O)OCCN(C)C)cc1.COC(=O)C1=CO[C@@H](O)[C@@H]2C(CO)=CC[C@H]12. The number of nitrogens with one attached hydrogen (secondary N) is 1. The van der Waals surface area contributed by atoms with Gasteiger partial charge in [0.15, 0.2) is 0 Å². The van der Waals surface area contributed by atoms with E-state index in [1.54, 1.807) is 17.7 Å². The molecule has 3 fully saturated rings. The fourth-order valence-corrected chi connectivity index (χ4v) is 10.5. The van der Waals surface area contributed by atoms with Crippen molar-refractivity contribution >= 4 is 17.6 Å². The van der Waals surface area contributed by atoms with Crippen molar-refractivity contribution in [1.29, 1.82) is 0 Å². The Morgan fingerprint density at radius 1 is 1.03 bits per heavy atom. The van der Waals surface area contributed by atoms with Crippen molar-refractivity contribution in [2.45, 2.75) is 137 Å². The van der Waals surface area contributed by atoms with Gasteiger partial charge < -0.3 is 39.7 Å². The highest BCUT2D eigenvalue weighted by Crippen LogP contribution is 2.60. The van der Waals surface area contributed by atoms with Crippen LogP contribution in [0.5, 0.6) is 0 Å². The fourth-order valence-electron chi connectivity index (χ4n) is 10.5. The van der Waals surface area contributed by atoms with Gasteiger partial charge in [0.25, 0.3) is 0 Å². The van der Waals surface area contributed by atoms with Gasteiger partial charge in [0.05, 0.1) is 43.1 Å². The normalized spacial score (nSPS) is 28.1. The Kier molecular flexibility index (Phi) is 21.2. The lowest BCUT2D eigenvalue weighted by atomic mass is 9.60. The molecule has 8 atom stereocenters. The first kappa shape index (κ1) is 51.9.